The van der Waals surface area contributed by atoms with E-state index < -0.39 is 0 Å². The van der Waals surface area contributed by atoms with Gasteiger partial charge in [0, 0.05) is 25.8 Å². The highest BCUT2D eigenvalue weighted by molar-refractivity contribution is 7.07. The van der Waals surface area contributed by atoms with Crippen molar-refractivity contribution in [1.29, 1.82) is 0 Å². The average molecular weight is 227 g/mol. The van der Waals surface area contributed by atoms with Gasteiger partial charge in [0.15, 0.2) is 0 Å². The van der Waals surface area contributed by atoms with Gasteiger partial charge in [-0.25, -0.2) is 0 Å². The summed E-state index contributed by atoms with van der Waals surface area (Å²) in [5.41, 5.74) is 1.01. The summed E-state index contributed by atoms with van der Waals surface area (Å²) in [6, 6.07) is 2.48. The number of nitrogens with one attached hydrogen (secondary N) is 1. The van der Waals surface area contributed by atoms with Crippen LogP contribution in [-0.4, -0.2) is 30.9 Å². The Morgan fingerprint density at radius 2 is 2.33 bits per heavy atom. The largest absolute Gasteiger partial charge is 0.387 e. The summed E-state index contributed by atoms with van der Waals surface area (Å²) in [6.07, 6.45) is 1.73. The van der Waals surface area contributed by atoms with Crippen molar-refractivity contribution in [3.05, 3.63) is 22.4 Å². The van der Waals surface area contributed by atoms with Crippen LogP contribution < -0.4 is 5.32 Å². The minimum Gasteiger partial charge on any atom is -0.387 e. The lowest BCUT2D eigenvalue weighted by atomic mass is 10.1. The fourth-order valence-electron chi connectivity index (χ4n) is 1.76. The maximum absolute atomic E-state index is 9.85. The molecule has 1 fully saturated rings. The highest BCUT2D eigenvalue weighted by atomic mass is 32.1. The molecular formula is C11H17NO2S. The first-order chi connectivity index (χ1) is 7.36. The van der Waals surface area contributed by atoms with E-state index in [0.29, 0.717) is 12.6 Å². The van der Waals surface area contributed by atoms with Gasteiger partial charge in [0.1, 0.15) is 0 Å². The SMILES string of the molecule is OC(CNC1CCOCC1)c1ccsc1. The van der Waals surface area contributed by atoms with Gasteiger partial charge in [0.25, 0.3) is 0 Å². The molecule has 4 heteroatoms. The van der Waals surface area contributed by atoms with Crippen molar-refractivity contribution in [2.24, 2.45) is 0 Å². The lowest BCUT2D eigenvalue weighted by Gasteiger charge is -2.24. The van der Waals surface area contributed by atoms with Gasteiger partial charge in [-0.05, 0) is 35.2 Å². The molecule has 0 bridgehead atoms. The summed E-state index contributed by atoms with van der Waals surface area (Å²) in [6.45, 7) is 2.32. The third kappa shape index (κ3) is 3.28. The summed E-state index contributed by atoms with van der Waals surface area (Å²) in [5, 5.41) is 17.2. The van der Waals surface area contributed by atoms with Crippen LogP contribution in [0.2, 0.25) is 0 Å². The van der Waals surface area contributed by atoms with Gasteiger partial charge in [-0.15, -0.1) is 0 Å². The number of aliphatic hydroxyl groups excluding tert-OH is 1. The topological polar surface area (TPSA) is 41.5 Å². The summed E-state index contributed by atoms with van der Waals surface area (Å²) < 4.78 is 5.28. The number of rotatable bonds is 4. The first kappa shape index (κ1) is 11.1. The van der Waals surface area contributed by atoms with E-state index in [0.717, 1.165) is 31.6 Å². The normalized spacial score (nSPS) is 20.3. The maximum Gasteiger partial charge on any atom is 0.0922 e. The molecule has 0 saturated carbocycles. The van der Waals surface area contributed by atoms with E-state index in [9.17, 15) is 5.11 Å². The molecule has 1 aromatic rings. The molecule has 0 amide bonds. The number of thiophene rings is 1. The smallest absolute Gasteiger partial charge is 0.0922 e. The van der Waals surface area contributed by atoms with Crippen molar-refractivity contribution in [1.82, 2.24) is 5.32 Å². The minimum atomic E-state index is -0.376. The van der Waals surface area contributed by atoms with E-state index in [1.54, 1.807) is 11.3 Å². The number of ether oxygens (including phenoxy) is 1. The highest BCUT2D eigenvalue weighted by Crippen LogP contribution is 2.16. The molecule has 0 radical (unpaired) electrons. The summed E-state index contributed by atoms with van der Waals surface area (Å²) in [5.74, 6) is 0. The van der Waals surface area contributed by atoms with E-state index in [2.05, 4.69) is 5.32 Å². The second kappa shape index (κ2) is 5.61. The van der Waals surface area contributed by atoms with E-state index in [-0.39, 0.29) is 6.10 Å². The molecule has 1 aliphatic heterocycles. The quantitative estimate of drug-likeness (QED) is 0.820. The molecule has 1 atom stereocenters. The second-order valence-corrected chi connectivity index (χ2v) is 4.65. The Labute approximate surface area is 94.1 Å². The highest BCUT2D eigenvalue weighted by Gasteiger charge is 2.15. The first-order valence-electron chi connectivity index (χ1n) is 5.37. The molecule has 2 rings (SSSR count). The second-order valence-electron chi connectivity index (χ2n) is 3.87. The van der Waals surface area contributed by atoms with Gasteiger partial charge in [-0.2, -0.15) is 11.3 Å². The van der Waals surface area contributed by atoms with Crippen LogP contribution >= 0.6 is 11.3 Å². The molecule has 0 aromatic carbocycles. The third-order valence-corrected chi connectivity index (χ3v) is 3.45. The van der Waals surface area contributed by atoms with Crippen LogP contribution in [-0.2, 0) is 4.74 Å². The number of hydrogen-bond acceptors (Lipinski definition) is 4. The molecule has 1 unspecified atom stereocenters. The van der Waals surface area contributed by atoms with Crippen LogP contribution in [0, 0.1) is 0 Å². The molecule has 0 aliphatic carbocycles. The van der Waals surface area contributed by atoms with E-state index in [1.807, 2.05) is 16.8 Å². The Kier molecular flexibility index (Phi) is 4.14. The Bertz CT molecular complexity index is 270. The van der Waals surface area contributed by atoms with Crippen LogP contribution in [0.25, 0.3) is 0 Å². The monoisotopic (exact) mass is 227 g/mol. The Morgan fingerprint density at radius 3 is 3.00 bits per heavy atom. The zero-order chi connectivity index (χ0) is 10.5. The molecule has 15 heavy (non-hydrogen) atoms. The zero-order valence-corrected chi connectivity index (χ0v) is 9.50. The summed E-state index contributed by atoms with van der Waals surface area (Å²) >= 11 is 1.62. The van der Waals surface area contributed by atoms with Crippen LogP contribution in [0.4, 0.5) is 0 Å². The Balaban J connectivity index is 1.73. The standard InChI is InChI=1S/C11H17NO2S/c13-11(9-3-6-15-8-9)7-12-10-1-4-14-5-2-10/h3,6,8,10-13H,1-2,4-5,7H2. The van der Waals surface area contributed by atoms with Crippen molar-refractivity contribution in [2.75, 3.05) is 19.8 Å². The van der Waals surface area contributed by atoms with Crippen molar-refractivity contribution in [3.63, 3.8) is 0 Å². The fraction of sp³-hybridized carbons (Fsp3) is 0.636. The van der Waals surface area contributed by atoms with Crippen molar-refractivity contribution >= 4 is 11.3 Å². The molecule has 3 nitrogen and oxygen atoms in total. The first-order valence-corrected chi connectivity index (χ1v) is 6.32. The van der Waals surface area contributed by atoms with Gasteiger partial charge in [0.05, 0.1) is 6.10 Å². The lowest BCUT2D eigenvalue weighted by molar-refractivity contribution is 0.0724. The predicted molar refractivity (Wildman–Crippen MR) is 61.1 cm³/mol. The van der Waals surface area contributed by atoms with Crippen LogP contribution in [0.3, 0.4) is 0 Å². The molecule has 2 N–H and O–H groups in total. The third-order valence-electron chi connectivity index (χ3n) is 2.75. The van der Waals surface area contributed by atoms with Crippen molar-refractivity contribution < 1.29 is 9.84 Å². The maximum atomic E-state index is 9.85. The molecule has 0 spiro atoms. The summed E-state index contributed by atoms with van der Waals surface area (Å²) in [7, 11) is 0. The van der Waals surface area contributed by atoms with E-state index in [1.165, 1.54) is 0 Å². The molecular weight excluding hydrogens is 210 g/mol. The van der Waals surface area contributed by atoms with E-state index >= 15 is 0 Å². The number of aliphatic hydroxyl groups is 1. The molecule has 2 heterocycles. The van der Waals surface area contributed by atoms with Crippen LogP contribution in [0.1, 0.15) is 24.5 Å². The fourth-order valence-corrected chi connectivity index (χ4v) is 2.47. The minimum absolute atomic E-state index is 0.376. The molecule has 1 aliphatic rings. The van der Waals surface area contributed by atoms with Crippen LogP contribution in [0.15, 0.2) is 16.8 Å². The van der Waals surface area contributed by atoms with Gasteiger partial charge in [-0.1, -0.05) is 0 Å². The summed E-state index contributed by atoms with van der Waals surface area (Å²) in [4.78, 5) is 0. The van der Waals surface area contributed by atoms with Gasteiger partial charge < -0.3 is 15.2 Å². The van der Waals surface area contributed by atoms with E-state index in [4.69, 9.17) is 4.74 Å². The molecule has 1 saturated heterocycles. The molecule has 84 valence electrons. The Hall–Kier alpha value is -0.420. The van der Waals surface area contributed by atoms with Crippen LogP contribution in [0.5, 0.6) is 0 Å². The van der Waals surface area contributed by atoms with Crippen molar-refractivity contribution in [2.45, 2.75) is 25.0 Å². The molecule has 1 aromatic heterocycles. The Morgan fingerprint density at radius 1 is 1.53 bits per heavy atom. The van der Waals surface area contributed by atoms with Gasteiger partial charge in [-0.3, -0.25) is 0 Å². The van der Waals surface area contributed by atoms with Crippen molar-refractivity contribution in [3.8, 4) is 0 Å². The lowest BCUT2D eigenvalue weighted by Crippen LogP contribution is -2.37. The van der Waals surface area contributed by atoms with Gasteiger partial charge >= 0.3 is 0 Å². The predicted octanol–water partition coefficient (Wildman–Crippen LogP) is 1.55. The zero-order valence-electron chi connectivity index (χ0n) is 8.69. The average Bonchev–Trinajstić information content (AvgIpc) is 2.81. The number of hydrogen-bond donors (Lipinski definition) is 2. The van der Waals surface area contributed by atoms with Gasteiger partial charge in [0.2, 0.25) is 0 Å².